The van der Waals surface area contributed by atoms with Crippen LogP contribution in [0.25, 0.3) is 0 Å². The lowest BCUT2D eigenvalue weighted by atomic mass is 10.1. The van der Waals surface area contributed by atoms with Crippen molar-refractivity contribution in [1.82, 2.24) is 0 Å². The molecule has 0 saturated carbocycles. The van der Waals surface area contributed by atoms with Crippen LogP contribution in [0.3, 0.4) is 0 Å². The fourth-order valence-electron chi connectivity index (χ4n) is 7.46. The van der Waals surface area contributed by atoms with Crippen molar-refractivity contribution in [1.29, 1.82) is 0 Å². The maximum Gasteiger partial charge on any atom is 0.269 e. The summed E-state index contributed by atoms with van der Waals surface area (Å²) in [6.45, 7) is 9.06. The van der Waals surface area contributed by atoms with E-state index in [1.165, 1.54) is 144 Å². The zero-order valence-corrected chi connectivity index (χ0v) is 48.2. The van der Waals surface area contributed by atoms with Crippen molar-refractivity contribution < 1.29 is 9.85 Å². The van der Waals surface area contributed by atoms with Crippen LogP contribution in [-0.4, -0.2) is 9.85 Å². The zero-order valence-electron chi connectivity index (χ0n) is 41.7. The van der Waals surface area contributed by atoms with Crippen LogP contribution < -0.4 is 0 Å². The second-order valence-corrected chi connectivity index (χ2v) is 26.6. The number of allylic oxidation sites excluding steroid dienone is 8. The maximum absolute atomic E-state index is 11.4. The summed E-state index contributed by atoms with van der Waals surface area (Å²) in [5, 5.41) is 27.1. The van der Waals surface area contributed by atoms with Gasteiger partial charge in [-0.25, -0.2) is 0 Å². The predicted molar refractivity (Wildman–Crippen MR) is 323 cm³/mol. The average Bonchev–Trinajstić information content (AvgIpc) is 4.23. The standard InChI is InChI=1S/C58H62N2O4S8/c1-5-9-13-17-21-51-52(22-18-14-10-6-2)70-57(69-51)55-65-41-49(67-55)39-33-46(45(31-25-43-27-35-47(36-28-43)59(61)62)32-26-44-29-37-48(38-30-44)60(63)64)34-40-50-42-66-56(68-50)58-71-53(23-19-15-11-7-3)54(72-58)24-20-16-12-8-4/h27-30,35-38,41-42H,5-24H2,1-4H3. The van der Waals surface area contributed by atoms with Crippen molar-refractivity contribution >= 4 is 105 Å². The minimum absolute atomic E-state index is 0.0241. The minimum Gasteiger partial charge on any atom is -0.258 e. The Kier molecular flexibility index (Phi) is 25.7. The summed E-state index contributed by atoms with van der Waals surface area (Å²) >= 11 is 14.7. The van der Waals surface area contributed by atoms with Gasteiger partial charge < -0.3 is 0 Å². The van der Waals surface area contributed by atoms with Gasteiger partial charge in [0.2, 0.25) is 0 Å². The highest BCUT2D eigenvalue weighted by molar-refractivity contribution is 8.34. The molecule has 4 heterocycles. The molecule has 0 aromatic heterocycles. The van der Waals surface area contributed by atoms with E-state index in [0.29, 0.717) is 22.3 Å². The smallest absolute Gasteiger partial charge is 0.258 e. The molecule has 2 aromatic rings. The van der Waals surface area contributed by atoms with E-state index in [9.17, 15) is 20.2 Å². The van der Waals surface area contributed by atoms with E-state index in [1.54, 1.807) is 90.9 Å². The van der Waals surface area contributed by atoms with E-state index in [-0.39, 0.29) is 11.4 Å². The average molecular weight is 1110 g/mol. The van der Waals surface area contributed by atoms with Gasteiger partial charge in [-0.1, -0.05) is 234 Å². The Morgan fingerprint density at radius 2 is 0.708 bits per heavy atom. The van der Waals surface area contributed by atoms with Crippen LogP contribution in [-0.2, 0) is 0 Å². The van der Waals surface area contributed by atoms with Crippen molar-refractivity contribution in [2.45, 2.75) is 156 Å². The highest BCUT2D eigenvalue weighted by Crippen LogP contribution is 2.61. The first kappa shape index (κ1) is 57.7. The van der Waals surface area contributed by atoms with Gasteiger partial charge in [-0.05, 0) is 98.3 Å². The summed E-state index contributed by atoms with van der Waals surface area (Å²) in [4.78, 5) is 30.0. The summed E-state index contributed by atoms with van der Waals surface area (Å²) in [5.74, 6) is 26.5. The lowest BCUT2D eigenvalue weighted by molar-refractivity contribution is -0.385. The monoisotopic (exact) mass is 1110 g/mol. The number of hydrogen-bond donors (Lipinski definition) is 0. The van der Waals surface area contributed by atoms with Crippen LogP contribution in [0.5, 0.6) is 0 Å². The molecule has 14 heteroatoms. The maximum atomic E-state index is 11.4. The van der Waals surface area contributed by atoms with E-state index in [4.69, 9.17) is 0 Å². The Hall–Kier alpha value is -3.54. The van der Waals surface area contributed by atoms with Gasteiger partial charge in [0.25, 0.3) is 11.4 Å². The molecule has 0 unspecified atom stereocenters. The summed E-state index contributed by atoms with van der Waals surface area (Å²) in [6.07, 6.45) is 24.6. The van der Waals surface area contributed by atoms with Gasteiger partial charge in [0.1, 0.15) is 0 Å². The molecule has 0 bridgehead atoms. The van der Waals surface area contributed by atoms with Gasteiger partial charge in [-0.15, -0.1) is 0 Å². The number of non-ortho nitro benzene ring substituents is 2. The summed E-state index contributed by atoms with van der Waals surface area (Å²) < 4.78 is 5.21. The highest BCUT2D eigenvalue weighted by atomic mass is 32.2. The number of nitro groups is 2. The molecule has 0 radical (unpaired) electrons. The number of nitrogens with zero attached hydrogens (tertiary/aromatic N) is 2. The van der Waals surface area contributed by atoms with Gasteiger partial charge >= 0.3 is 0 Å². The molecule has 0 atom stereocenters. The number of rotatable bonds is 22. The van der Waals surface area contributed by atoms with Crippen molar-refractivity contribution in [2.75, 3.05) is 0 Å². The molecule has 72 heavy (non-hydrogen) atoms. The first-order valence-corrected chi connectivity index (χ1v) is 31.9. The second kappa shape index (κ2) is 32.0. The van der Waals surface area contributed by atoms with Crippen molar-refractivity contribution in [3.8, 4) is 47.4 Å². The van der Waals surface area contributed by atoms with Gasteiger partial charge in [0.15, 0.2) is 0 Å². The van der Waals surface area contributed by atoms with Crippen LogP contribution in [0.2, 0.25) is 0 Å². The molecule has 4 aliphatic rings. The van der Waals surface area contributed by atoms with Gasteiger partial charge in [-0.3, -0.25) is 20.2 Å². The number of thioether (sulfide) groups is 8. The Morgan fingerprint density at radius 1 is 0.403 bits per heavy atom. The molecule has 0 amide bonds. The van der Waals surface area contributed by atoms with Crippen molar-refractivity contribution in [2.24, 2.45) is 0 Å². The first-order valence-electron chi connectivity index (χ1n) is 25.2. The number of nitro benzene ring substituents is 2. The molecule has 6 rings (SSSR count). The zero-order chi connectivity index (χ0) is 50.9. The topological polar surface area (TPSA) is 86.3 Å². The van der Waals surface area contributed by atoms with Crippen LogP contribution in [0.1, 0.15) is 167 Å². The third kappa shape index (κ3) is 19.0. The van der Waals surface area contributed by atoms with Crippen LogP contribution in [0.4, 0.5) is 11.4 Å². The molecule has 0 fully saturated rings. The van der Waals surface area contributed by atoms with Crippen LogP contribution in [0, 0.1) is 67.6 Å². The number of benzene rings is 2. The molecule has 0 spiro atoms. The fraction of sp³-hybridized carbons (Fsp3) is 0.414. The van der Waals surface area contributed by atoms with Gasteiger partial charge in [-0.2, -0.15) is 0 Å². The van der Waals surface area contributed by atoms with E-state index >= 15 is 0 Å². The molecule has 6 nitrogen and oxygen atoms in total. The minimum atomic E-state index is -0.435. The highest BCUT2D eigenvalue weighted by Gasteiger charge is 2.28. The molecule has 0 aliphatic carbocycles. The Balaban J connectivity index is 1.32. The lowest BCUT2D eigenvalue weighted by Gasteiger charge is -2.05. The van der Waals surface area contributed by atoms with Crippen LogP contribution in [0.15, 0.2) is 117 Å². The molecule has 2 aromatic carbocycles. The Bertz CT molecular complexity index is 2530. The SMILES string of the molecule is CCCCCCC1=C(CCCCCC)SC(=C2SC=C(C#CC(C#CC3=CSC(=C4SC(CCCCCC)=C(CCCCCC)S4)S3)=C(C#Cc3ccc([N+](=O)[O-])cc3)C#Cc3ccc([N+](=O)[O-])cc3)S2)S1. The Morgan fingerprint density at radius 3 is 1.00 bits per heavy atom. The number of hydrogen-bond acceptors (Lipinski definition) is 12. The second-order valence-electron chi connectivity index (χ2n) is 17.3. The summed E-state index contributed by atoms with van der Waals surface area (Å²) in [5.41, 5.74) is 1.93. The van der Waals surface area contributed by atoms with E-state index in [2.05, 4.69) is 85.9 Å². The van der Waals surface area contributed by atoms with E-state index in [0.717, 1.165) is 35.5 Å². The molecular formula is C58H62N2O4S8. The van der Waals surface area contributed by atoms with Crippen molar-refractivity contribution in [3.63, 3.8) is 0 Å². The van der Waals surface area contributed by atoms with Gasteiger partial charge in [0, 0.05) is 55.0 Å². The first-order chi connectivity index (χ1) is 35.2. The molecule has 0 N–H and O–H groups in total. The third-order valence-corrected chi connectivity index (χ3v) is 22.7. The molecule has 4 aliphatic heterocycles. The lowest BCUT2D eigenvalue weighted by Crippen LogP contribution is -1.88. The molecule has 376 valence electrons. The summed E-state index contributed by atoms with van der Waals surface area (Å²) in [6, 6.07) is 12.2. The van der Waals surface area contributed by atoms with Crippen LogP contribution >= 0.6 is 94.1 Å². The fourth-order valence-corrected chi connectivity index (χ4v) is 18.0. The normalized spacial score (nSPS) is 15.1. The van der Waals surface area contributed by atoms with E-state index < -0.39 is 9.85 Å². The summed E-state index contributed by atoms with van der Waals surface area (Å²) in [7, 11) is 0. The predicted octanol–water partition coefficient (Wildman–Crippen LogP) is 20.4. The van der Waals surface area contributed by atoms with Crippen molar-refractivity contribution in [3.05, 3.63) is 148 Å². The quantitative estimate of drug-likeness (QED) is 0.0487. The largest absolute Gasteiger partial charge is 0.269 e. The van der Waals surface area contributed by atoms with Gasteiger partial charge in [0.05, 0.1) is 47.8 Å². The molecular weight excluding hydrogens is 1050 g/mol. The van der Waals surface area contributed by atoms with E-state index in [1.807, 2.05) is 47.0 Å². The molecule has 0 saturated heterocycles. The Labute approximate surface area is 463 Å². The number of unbranched alkanes of at least 4 members (excludes halogenated alkanes) is 12. The third-order valence-electron chi connectivity index (χ3n) is 11.5.